The van der Waals surface area contributed by atoms with Crippen LogP contribution in [0.15, 0.2) is 42.1 Å². The first-order valence-electron chi connectivity index (χ1n) is 7.66. The monoisotopic (exact) mass is 342 g/mol. The van der Waals surface area contributed by atoms with E-state index in [1.54, 1.807) is 6.07 Å². The molecule has 0 atom stereocenters. The number of carbonyl (C=O) groups excluding carboxylic acids is 2. The zero-order valence-electron chi connectivity index (χ0n) is 14.0. The normalized spacial score (nSPS) is 14.5. The number of hydrogen-bond donors (Lipinski definition) is 1. The van der Waals surface area contributed by atoms with Crippen molar-refractivity contribution in [3.8, 4) is 0 Å². The van der Waals surface area contributed by atoms with Crippen molar-refractivity contribution in [3.63, 3.8) is 0 Å². The molecule has 0 fully saturated rings. The number of nitrogens with one attached hydrogen (secondary N) is 1. The smallest absolute Gasteiger partial charge is 0.277 e. The van der Waals surface area contributed by atoms with E-state index in [4.69, 9.17) is 0 Å². The highest BCUT2D eigenvalue weighted by atomic mass is 19.2. The lowest BCUT2D eigenvalue weighted by atomic mass is 9.97. The van der Waals surface area contributed by atoms with Gasteiger partial charge in [0.15, 0.2) is 11.6 Å². The minimum absolute atomic E-state index is 0.0467. The molecule has 0 spiro atoms. The van der Waals surface area contributed by atoms with Crippen molar-refractivity contribution in [2.24, 2.45) is 0 Å². The molecule has 128 valence electrons. The lowest BCUT2D eigenvalue weighted by Gasteiger charge is -2.10. The Morgan fingerprint density at radius 1 is 0.920 bits per heavy atom. The van der Waals surface area contributed by atoms with Crippen molar-refractivity contribution < 1.29 is 18.4 Å². The summed E-state index contributed by atoms with van der Waals surface area (Å²) in [4.78, 5) is 26.0. The number of hydrogen-bond acceptors (Lipinski definition) is 3. The first-order chi connectivity index (χ1) is 11.8. The molecule has 1 heterocycles. The molecule has 0 saturated heterocycles. The highest BCUT2D eigenvalue weighted by Crippen LogP contribution is 2.31. The van der Waals surface area contributed by atoms with Crippen LogP contribution in [0.4, 0.5) is 14.5 Å². The summed E-state index contributed by atoms with van der Waals surface area (Å²) in [5, 5.41) is 2.77. The van der Waals surface area contributed by atoms with E-state index in [1.165, 1.54) is 13.1 Å². The summed E-state index contributed by atoms with van der Waals surface area (Å²) in [7, 11) is 1.38. The molecule has 1 N–H and O–H groups in total. The summed E-state index contributed by atoms with van der Waals surface area (Å²) in [6.45, 7) is 3.78. The Kier molecular flexibility index (Phi) is 4.12. The Morgan fingerprint density at radius 2 is 1.64 bits per heavy atom. The molecule has 0 bridgehead atoms. The van der Waals surface area contributed by atoms with Gasteiger partial charge in [0.05, 0.1) is 5.57 Å². The molecule has 2 aromatic rings. The summed E-state index contributed by atoms with van der Waals surface area (Å²) in [6.07, 6.45) is 0. The topological polar surface area (TPSA) is 49.4 Å². The minimum Gasteiger partial charge on any atom is -0.350 e. The van der Waals surface area contributed by atoms with Crippen LogP contribution in [0.1, 0.15) is 16.7 Å². The van der Waals surface area contributed by atoms with E-state index in [-0.39, 0.29) is 17.0 Å². The van der Waals surface area contributed by atoms with Gasteiger partial charge in [-0.1, -0.05) is 23.8 Å². The van der Waals surface area contributed by atoms with E-state index < -0.39 is 23.4 Å². The van der Waals surface area contributed by atoms with Crippen LogP contribution in [-0.4, -0.2) is 23.8 Å². The van der Waals surface area contributed by atoms with Crippen LogP contribution in [0.3, 0.4) is 0 Å². The van der Waals surface area contributed by atoms with Crippen molar-refractivity contribution in [1.82, 2.24) is 4.90 Å². The predicted octanol–water partition coefficient (Wildman–Crippen LogP) is 3.40. The molecular formula is C19H16F2N2O2. The van der Waals surface area contributed by atoms with E-state index in [0.717, 1.165) is 28.2 Å². The van der Waals surface area contributed by atoms with E-state index in [2.05, 4.69) is 5.32 Å². The second-order valence-corrected chi connectivity index (χ2v) is 5.99. The largest absolute Gasteiger partial charge is 0.350 e. The number of carbonyl (C=O) groups is 2. The summed E-state index contributed by atoms with van der Waals surface area (Å²) in [5.74, 6) is -2.99. The quantitative estimate of drug-likeness (QED) is 0.870. The van der Waals surface area contributed by atoms with Crippen molar-refractivity contribution in [2.75, 3.05) is 12.4 Å². The molecule has 2 aromatic carbocycles. The third kappa shape index (κ3) is 2.91. The third-order valence-electron chi connectivity index (χ3n) is 4.13. The molecule has 1 aliphatic heterocycles. The van der Waals surface area contributed by atoms with Gasteiger partial charge >= 0.3 is 0 Å². The van der Waals surface area contributed by atoms with Gasteiger partial charge in [-0.15, -0.1) is 0 Å². The molecule has 0 unspecified atom stereocenters. The fourth-order valence-corrected chi connectivity index (χ4v) is 2.82. The summed E-state index contributed by atoms with van der Waals surface area (Å²) in [5.41, 5.74) is 2.95. The average molecular weight is 342 g/mol. The fourth-order valence-electron chi connectivity index (χ4n) is 2.82. The molecule has 2 amide bonds. The number of rotatable bonds is 3. The van der Waals surface area contributed by atoms with Gasteiger partial charge in [0.25, 0.3) is 11.8 Å². The van der Waals surface area contributed by atoms with Crippen LogP contribution >= 0.6 is 0 Å². The fraction of sp³-hybridized carbons (Fsp3) is 0.158. The number of likely N-dealkylation sites (N-methyl/N-ethyl adjacent to an activating group) is 1. The standard InChI is InChI=1S/C19H16F2N2O2/c1-10-4-6-13(11(2)8-10)16-17(19(25)23(3)18(16)24)22-12-5-7-14(20)15(21)9-12/h4-9,22H,1-3H3. The molecule has 4 nitrogen and oxygen atoms in total. The van der Waals surface area contributed by atoms with E-state index in [1.807, 2.05) is 26.0 Å². The van der Waals surface area contributed by atoms with E-state index >= 15 is 0 Å². The Morgan fingerprint density at radius 3 is 2.28 bits per heavy atom. The second kappa shape index (κ2) is 6.12. The Hall–Kier alpha value is -3.02. The second-order valence-electron chi connectivity index (χ2n) is 5.99. The Labute approximate surface area is 143 Å². The number of anilines is 1. The highest BCUT2D eigenvalue weighted by Gasteiger charge is 2.37. The van der Waals surface area contributed by atoms with Crippen molar-refractivity contribution >= 4 is 23.1 Å². The molecular weight excluding hydrogens is 326 g/mol. The summed E-state index contributed by atoms with van der Waals surface area (Å²) >= 11 is 0. The number of benzene rings is 2. The first-order valence-corrected chi connectivity index (χ1v) is 7.66. The van der Waals surface area contributed by atoms with Gasteiger partial charge in [0.2, 0.25) is 0 Å². The van der Waals surface area contributed by atoms with Crippen molar-refractivity contribution in [3.05, 3.63) is 70.4 Å². The van der Waals surface area contributed by atoms with E-state index in [0.29, 0.717) is 5.56 Å². The molecule has 0 aromatic heterocycles. The maximum absolute atomic E-state index is 13.4. The van der Waals surface area contributed by atoms with Crippen molar-refractivity contribution in [1.29, 1.82) is 0 Å². The van der Waals surface area contributed by atoms with Crippen LogP contribution in [0, 0.1) is 25.5 Å². The molecule has 0 radical (unpaired) electrons. The maximum Gasteiger partial charge on any atom is 0.277 e. The summed E-state index contributed by atoms with van der Waals surface area (Å²) < 4.78 is 26.5. The number of amides is 2. The average Bonchev–Trinajstić information content (AvgIpc) is 2.76. The maximum atomic E-state index is 13.4. The van der Waals surface area contributed by atoms with Gasteiger partial charge in [-0.25, -0.2) is 8.78 Å². The number of halogens is 2. The van der Waals surface area contributed by atoms with Crippen LogP contribution in [0.2, 0.25) is 0 Å². The molecule has 6 heteroatoms. The Balaban J connectivity index is 2.13. The van der Waals surface area contributed by atoms with Gasteiger partial charge in [-0.3, -0.25) is 14.5 Å². The lowest BCUT2D eigenvalue weighted by Crippen LogP contribution is -2.28. The highest BCUT2D eigenvalue weighted by molar-refractivity contribution is 6.36. The SMILES string of the molecule is Cc1ccc(C2=C(Nc3ccc(F)c(F)c3)C(=O)N(C)C2=O)c(C)c1. The molecule has 1 aliphatic rings. The lowest BCUT2D eigenvalue weighted by molar-refractivity contribution is -0.135. The molecule has 0 saturated carbocycles. The van der Waals surface area contributed by atoms with Gasteiger partial charge in [0, 0.05) is 18.8 Å². The van der Waals surface area contributed by atoms with Crippen LogP contribution < -0.4 is 5.32 Å². The van der Waals surface area contributed by atoms with Crippen LogP contribution in [0.25, 0.3) is 5.57 Å². The Bertz CT molecular complexity index is 935. The number of nitrogens with zero attached hydrogens (tertiary/aromatic N) is 1. The predicted molar refractivity (Wildman–Crippen MR) is 90.6 cm³/mol. The van der Waals surface area contributed by atoms with Gasteiger partial charge in [-0.05, 0) is 37.1 Å². The number of aryl methyl sites for hydroxylation is 2. The van der Waals surface area contributed by atoms with Crippen LogP contribution in [0.5, 0.6) is 0 Å². The van der Waals surface area contributed by atoms with E-state index in [9.17, 15) is 18.4 Å². The molecule has 3 rings (SSSR count). The van der Waals surface area contributed by atoms with Crippen LogP contribution in [-0.2, 0) is 9.59 Å². The van der Waals surface area contributed by atoms with Gasteiger partial charge in [0.1, 0.15) is 5.70 Å². The molecule has 0 aliphatic carbocycles. The van der Waals surface area contributed by atoms with Crippen molar-refractivity contribution in [2.45, 2.75) is 13.8 Å². The summed E-state index contributed by atoms with van der Waals surface area (Å²) in [6, 6.07) is 8.74. The first kappa shape index (κ1) is 16.8. The third-order valence-corrected chi connectivity index (χ3v) is 4.13. The molecule has 25 heavy (non-hydrogen) atoms. The zero-order valence-corrected chi connectivity index (χ0v) is 14.0. The number of imide groups is 1. The zero-order chi connectivity index (χ0) is 18.3. The van der Waals surface area contributed by atoms with Gasteiger partial charge < -0.3 is 5.32 Å². The minimum atomic E-state index is -1.04. The van der Waals surface area contributed by atoms with Gasteiger partial charge in [-0.2, -0.15) is 0 Å².